The summed E-state index contributed by atoms with van der Waals surface area (Å²) >= 11 is 0.162. The lowest BCUT2D eigenvalue weighted by molar-refractivity contribution is -0.435. The Morgan fingerprint density at radius 2 is 1.82 bits per heavy atom. The van der Waals surface area contributed by atoms with Crippen LogP contribution in [0.5, 0.6) is 0 Å². The fourth-order valence-corrected chi connectivity index (χ4v) is 4.43. The van der Waals surface area contributed by atoms with Gasteiger partial charge in [-0.15, -0.1) is 4.33 Å². The van der Waals surface area contributed by atoms with Gasteiger partial charge in [-0.05, 0) is 6.42 Å². The summed E-state index contributed by atoms with van der Waals surface area (Å²) in [7, 11) is 2.49. The maximum absolute atomic E-state index is 11.8. The Balaban J connectivity index is 2.38. The minimum atomic E-state index is -1.60. The van der Waals surface area contributed by atoms with Gasteiger partial charge in [0.2, 0.25) is 5.91 Å². The third kappa shape index (κ3) is 6.71. The van der Waals surface area contributed by atoms with Crippen molar-refractivity contribution in [3.8, 4) is 0 Å². The largest absolute Gasteiger partial charge is 0.481 e. The number of aliphatic hydroxyl groups excluding tert-OH is 3. The summed E-state index contributed by atoms with van der Waals surface area (Å²) in [6, 6.07) is -1.07. The molecule has 0 spiro atoms. The number of ether oxygens (including phenoxy) is 4. The van der Waals surface area contributed by atoms with Crippen LogP contribution >= 0.6 is 12.3 Å². The fraction of sp³-hybridized carbons (Fsp3) is 0.882. The molecule has 33 heavy (non-hydrogen) atoms. The molecule has 6 N–H and O–H groups in total. The average Bonchev–Trinajstić information content (AvgIpc) is 2.78. The van der Waals surface area contributed by atoms with Crippen molar-refractivity contribution in [2.75, 3.05) is 20.8 Å². The van der Waals surface area contributed by atoms with Crippen molar-refractivity contribution in [1.82, 2.24) is 5.32 Å². The van der Waals surface area contributed by atoms with Gasteiger partial charge in [-0.1, -0.05) is 5.04 Å². The molecule has 1 saturated heterocycles. The highest BCUT2D eigenvalue weighted by molar-refractivity contribution is 7.89. The molecule has 0 radical (unpaired) electrons. The van der Waals surface area contributed by atoms with Crippen LogP contribution in [0.2, 0.25) is 0 Å². The second-order valence-corrected chi connectivity index (χ2v) is 7.92. The standard InChI is InChI=1S/C17H29NO14S/c1-6(20)18-10-15(14(30-33-32-31-25)9(5-19)29-17(10)27-3)28-8-4-7(16(23)24)13(26-2)12(22)11(8)21/h7-15,17,19,21-22,25H,4-5H2,1-3H3,(H,18,20)(H,23,24)/t7?,8-,9?,10?,11?,12-,13-,14+,15-,17-/m1/s1. The maximum atomic E-state index is 11.8. The molecule has 192 valence electrons. The molecule has 10 atom stereocenters. The molecule has 1 aliphatic carbocycles. The zero-order valence-electron chi connectivity index (χ0n) is 18.0. The van der Waals surface area contributed by atoms with E-state index in [1.165, 1.54) is 21.1 Å². The van der Waals surface area contributed by atoms with Gasteiger partial charge in [-0.2, -0.15) is 0 Å². The van der Waals surface area contributed by atoms with E-state index in [1.807, 2.05) is 0 Å². The Morgan fingerprint density at radius 3 is 2.33 bits per heavy atom. The Kier molecular flexibility index (Phi) is 11.1. The summed E-state index contributed by atoms with van der Waals surface area (Å²) in [5, 5.41) is 54.8. The average molecular weight is 503 g/mol. The van der Waals surface area contributed by atoms with Crippen molar-refractivity contribution in [2.24, 2.45) is 5.92 Å². The van der Waals surface area contributed by atoms with Gasteiger partial charge in [0.1, 0.15) is 36.6 Å². The molecule has 0 aromatic rings. The number of carbonyl (C=O) groups is 2. The summed E-state index contributed by atoms with van der Waals surface area (Å²) in [4.78, 5) is 23.6. The van der Waals surface area contributed by atoms with Crippen LogP contribution < -0.4 is 5.32 Å². The molecule has 1 saturated carbocycles. The Hall–Kier alpha value is -1.15. The zero-order valence-corrected chi connectivity index (χ0v) is 18.8. The Morgan fingerprint density at radius 1 is 1.12 bits per heavy atom. The van der Waals surface area contributed by atoms with E-state index >= 15 is 0 Å². The molecule has 1 aliphatic heterocycles. The summed E-state index contributed by atoms with van der Waals surface area (Å²) in [6.07, 6.45) is -10.5. The van der Waals surface area contributed by atoms with E-state index in [0.717, 1.165) is 0 Å². The van der Waals surface area contributed by atoms with E-state index in [-0.39, 0.29) is 18.7 Å². The monoisotopic (exact) mass is 503 g/mol. The maximum Gasteiger partial charge on any atom is 0.309 e. The lowest BCUT2D eigenvalue weighted by Crippen LogP contribution is -2.67. The molecule has 15 nitrogen and oxygen atoms in total. The molecule has 2 aliphatic rings. The van der Waals surface area contributed by atoms with Crippen LogP contribution in [0.4, 0.5) is 0 Å². The molecule has 2 rings (SSSR count). The molecular formula is C17H29NO14S. The van der Waals surface area contributed by atoms with Crippen molar-refractivity contribution in [3.05, 3.63) is 0 Å². The molecule has 4 unspecified atom stereocenters. The van der Waals surface area contributed by atoms with Crippen LogP contribution in [0.3, 0.4) is 0 Å². The Labute approximate surface area is 193 Å². The number of carboxylic acids is 1. The summed E-state index contributed by atoms with van der Waals surface area (Å²) < 4.78 is 31.5. The number of aliphatic hydroxyl groups is 3. The number of hydrogen-bond acceptors (Lipinski definition) is 14. The molecule has 0 aromatic heterocycles. The van der Waals surface area contributed by atoms with Crippen LogP contribution in [0.15, 0.2) is 0 Å². The van der Waals surface area contributed by atoms with E-state index in [0.29, 0.717) is 0 Å². The van der Waals surface area contributed by atoms with E-state index in [1.54, 1.807) is 0 Å². The third-order valence-electron chi connectivity index (χ3n) is 5.51. The van der Waals surface area contributed by atoms with E-state index in [9.17, 15) is 30.0 Å². The first-order valence-corrected chi connectivity index (χ1v) is 10.5. The van der Waals surface area contributed by atoms with Gasteiger partial charge >= 0.3 is 5.97 Å². The predicted molar refractivity (Wildman–Crippen MR) is 105 cm³/mol. The van der Waals surface area contributed by atoms with Gasteiger partial charge in [0, 0.05) is 21.1 Å². The first-order chi connectivity index (χ1) is 15.7. The molecule has 0 bridgehead atoms. The molecule has 16 heteroatoms. The molecule has 0 aromatic carbocycles. The molecule has 1 amide bonds. The minimum Gasteiger partial charge on any atom is -0.481 e. The van der Waals surface area contributed by atoms with Crippen LogP contribution in [-0.4, -0.2) is 113 Å². The topological polar surface area (TPSA) is 212 Å². The van der Waals surface area contributed by atoms with E-state index in [4.69, 9.17) is 28.4 Å². The summed E-state index contributed by atoms with van der Waals surface area (Å²) in [5.41, 5.74) is 0. The van der Waals surface area contributed by atoms with Crippen molar-refractivity contribution in [3.63, 3.8) is 0 Å². The lowest BCUT2D eigenvalue weighted by atomic mass is 9.80. The number of nitrogens with one attached hydrogen (secondary N) is 1. The predicted octanol–water partition coefficient (Wildman–Crippen LogP) is -2.18. The Bertz CT molecular complexity index is 643. The minimum absolute atomic E-state index is 0.162. The number of aliphatic carboxylic acids is 1. The number of carbonyl (C=O) groups excluding carboxylic acids is 1. The normalized spacial score (nSPS) is 39.2. The second kappa shape index (κ2) is 13.1. The van der Waals surface area contributed by atoms with Crippen molar-refractivity contribution in [1.29, 1.82) is 0 Å². The van der Waals surface area contributed by atoms with Gasteiger partial charge < -0.3 is 44.7 Å². The highest BCUT2D eigenvalue weighted by atomic mass is 32.2. The molecule has 1 heterocycles. The summed E-state index contributed by atoms with van der Waals surface area (Å²) in [6.45, 7) is 0.620. The number of rotatable bonds is 11. The number of amides is 1. The van der Waals surface area contributed by atoms with Crippen molar-refractivity contribution < 1.29 is 67.8 Å². The summed E-state index contributed by atoms with van der Waals surface area (Å²) in [5.74, 6) is -2.99. The van der Waals surface area contributed by atoms with Gasteiger partial charge in [0.15, 0.2) is 18.6 Å². The quantitative estimate of drug-likeness (QED) is 0.0765. The molecular weight excluding hydrogens is 474 g/mol. The first-order valence-electron chi connectivity index (χ1n) is 9.83. The highest BCUT2D eigenvalue weighted by Gasteiger charge is 2.53. The lowest BCUT2D eigenvalue weighted by Gasteiger charge is -2.48. The zero-order chi connectivity index (χ0) is 24.7. The van der Waals surface area contributed by atoms with Gasteiger partial charge in [-0.3, -0.25) is 13.8 Å². The van der Waals surface area contributed by atoms with E-state index < -0.39 is 79.5 Å². The SMILES string of the molecule is CO[C@@H]1OC(CO)[C@H](OSOOO)[C@H](O[C@@H]2CC(C(=O)O)[C@@H](OC)[C@H](O)C2O)C1NC(C)=O. The van der Waals surface area contributed by atoms with Gasteiger partial charge in [0.25, 0.3) is 0 Å². The van der Waals surface area contributed by atoms with Crippen molar-refractivity contribution >= 4 is 24.2 Å². The van der Waals surface area contributed by atoms with Gasteiger partial charge in [0.05, 0.1) is 24.7 Å². The van der Waals surface area contributed by atoms with Crippen LogP contribution in [0.1, 0.15) is 13.3 Å². The second-order valence-electron chi connectivity index (χ2n) is 7.46. The van der Waals surface area contributed by atoms with Crippen LogP contribution in [-0.2, 0) is 42.1 Å². The van der Waals surface area contributed by atoms with Crippen LogP contribution in [0.25, 0.3) is 0 Å². The van der Waals surface area contributed by atoms with E-state index in [2.05, 4.69) is 14.7 Å². The number of hydrogen-bond donors (Lipinski definition) is 6. The first kappa shape index (κ1) is 28.1. The third-order valence-corrected chi connectivity index (χ3v) is 5.93. The number of methoxy groups -OCH3 is 2. The van der Waals surface area contributed by atoms with Crippen molar-refractivity contribution in [2.45, 2.75) is 68.4 Å². The fourth-order valence-electron chi connectivity index (χ4n) is 4.05. The highest BCUT2D eigenvalue weighted by Crippen LogP contribution is 2.35. The number of carboxylic acid groups (broad SMARTS) is 1. The smallest absolute Gasteiger partial charge is 0.309 e. The molecule has 2 fully saturated rings. The van der Waals surface area contributed by atoms with Gasteiger partial charge in [-0.25, -0.2) is 5.26 Å². The van der Waals surface area contributed by atoms with Crippen LogP contribution in [0, 0.1) is 5.92 Å².